The van der Waals surface area contributed by atoms with Gasteiger partial charge in [0.15, 0.2) is 0 Å². The van der Waals surface area contributed by atoms with Gasteiger partial charge in [-0.1, -0.05) is 0 Å². The zero-order valence-electron chi connectivity index (χ0n) is 23.8. The molecule has 0 aliphatic heterocycles. The van der Waals surface area contributed by atoms with Crippen LogP contribution in [0.4, 0.5) is 0 Å². The summed E-state index contributed by atoms with van der Waals surface area (Å²) in [6.07, 6.45) is -0.448. The Morgan fingerprint density at radius 3 is 0.700 bits per heavy atom. The number of hydrogen-bond donors (Lipinski definition) is 6. The number of rotatable bonds is 8. The summed E-state index contributed by atoms with van der Waals surface area (Å²) in [5.74, 6) is -8.73. The molecule has 0 aliphatic carbocycles. The Hall–Kier alpha value is -0.320. The normalized spacial score (nSPS) is 8.75. The largest absolute Gasteiger partial charge is 1.00 e. The third kappa shape index (κ3) is 162. The van der Waals surface area contributed by atoms with Crippen LogP contribution in [-0.2, 0) is 38.4 Å². The fourth-order valence-corrected chi connectivity index (χ4v) is 0.805. The van der Waals surface area contributed by atoms with E-state index < -0.39 is 59.8 Å². The van der Waals surface area contributed by atoms with Gasteiger partial charge in [-0.3, -0.25) is 19.2 Å². The molecule has 212 valence electrons. The van der Waals surface area contributed by atoms with Crippen LogP contribution in [0.2, 0.25) is 0 Å². The van der Waals surface area contributed by atoms with Crippen molar-refractivity contribution in [1.82, 2.24) is 0 Å². The summed E-state index contributed by atoms with van der Waals surface area (Å²) in [4.78, 5) is 75.3. The van der Waals surface area contributed by atoms with E-state index in [9.17, 15) is 19.2 Å². The molecule has 8 N–H and O–H groups in total. The third-order valence-electron chi connectivity index (χ3n) is 1.97. The van der Waals surface area contributed by atoms with E-state index in [1.165, 1.54) is 0 Å². The predicted octanol–water partition coefficient (Wildman–Crippen LogP) is -18.4. The summed E-state index contributed by atoms with van der Waals surface area (Å²) in [7, 11) is 0. The second-order valence-corrected chi connectivity index (χ2v) is 5.72. The van der Waals surface area contributed by atoms with Crippen LogP contribution < -0.4 is 150 Å². The monoisotopic (exact) mass is 622 g/mol. The summed E-state index contributed by atoms with van der Waals surface area (Å²) in [5.41, 5.74) is 10.0. The van der Waals surface area contributed by atoms with Crippen LogP contribution in [0.5, 0.6) is 0 Å². The second-order valence-electron chi connectivity index (χ2n) is 5.72. The van der Waals surface area contributed by atoms with Crippen LogP contribution in [0.1, 0.15) is 53.4 Å². The first-order chi connectivity index (χ1) is 16.0. The van der Waals surface area contributed by atoms with Gasteiger partial charge in [0.2, 0.25) is 0 Å². The molecule has 0 fully saturated rings. The van der Waals surface area contributed by atoms with E-state index in [0.717, 1.165) is 27.7 Å². The third-order valence-corrected chi connectivity index (χ3v) is 1.97. The number of carbonyl (C=O) groups excluding carboxylic acids is 4. The number of carboxylic acids is 8. The molecule has 0 spiro atoms. The van der Waals surface area contributed by atoms with Gasteiger partial charge in [-0.2, -0.15) is 0 Å². The molecule has 0 saturated heterocycles. The SMILES string of the molecule is CC(=O)[O-].CC(=O)[O-].CC(=O)[O-].CC(=O)[O-].NC(CCC(=O)O)C(=O)O.NC(CCC(=O)O)C(=O)O.[Na+].[Na+].[Na+].[Na+]. The standard InChI is InChI=1S/2C5H9NO4.4C2H4O2.4Na/c2*6-3(5(9)10)1-2-4(7)8;4*1-2(3)4;;;;/h2*3H,1-2,6H2,(H,7,8)(H,9,10);4*1H3,(H,3,4);;;;/q;;;;;;4*+1/p-4. The summed E-state index contributed by atoms with van der Waals surface area (Å²) < 4.78 is 0. The molecule has 2 atom stereocenters. The molecule has 0 rings (SSSR count). The van der Waals surface area contributed by atoms with Crippen molar-refractivity contribution in [1.29, 1.82) is 0 Å². The van der Waals surface area contributed by atoms with Gasteiger partial charge in [-0.25, -0.2) is 0 Å². The molecule has 0 heterocycles. The van der Waals surface area contributed by atoms with Gasteiger partial charge < -0.3 is 71.5 Å². The van der Waals surface area contributed by atoms with E-state index >= 15 is 0 Å². The van der Waals surface area contributed by atoms with Crippen molar-refractivity contribution >= 4 is 47.8 Å². The van der Waals surface area contributed by atoms with E-state index in [0.29, 0.717) is 0 Å². The summed E-state index contributed by atoms with van der Waals surface area (Å²) in [6.45, 7) is 3.89. The van der Waals surface area contributed by atoms with Crippen LogP contribution >= 0.6 is 0 Å². The smallest absolute Gasteiger partial charge is 0.550 e. The molecule has 0 aromatic heterocycles. The first-order valence-electron chi connectivity index (χ1n) is 9.11. The van der Waals surface area contributed by atoms with E-state index in [2.05, 4.69) is 0 Å². The molecule has 0 aliphatic rings. The Morgan fingerprint density at radius 2 is 0.625 bits per heavy atom. The first kappa shape index (κ1) is 67.4. The van der Waals surface area contributed by atoms with Crippen LogP contribution in [0.15, 0.2) is 0 Å². The van der Waals surface area contributed by atoms with Crippen molar-refractivity contribution in [3.63, 3.8) is 0 Å². The molecule has 40 heavy (non-hydrogen) atoms. The van der Waals surface area contributed by atoms with E-state index in [1.54, 1.807) is 0 Å². The van der Waals surface area contributed by atoms with Crippen LogP contribution in [0, 0.1) is 0 Å². The second kappa shape index (κ2) is 48.4. The average Bonchev–Trinajstić information content (AvgIpc) is 2.62. The maximum atomic E-state index is 9.99. The zero-order valence-corrected chi connectivity index (χ0v) is 31.8. The van der Waals surface area contributed by atoms with Gasteiger partial charge in [0.1, 0.15) is 12.1 Å². The number of aliphatic carboxylic acids is 8. The minimum Gasteiger partial charge on any atom is -0.550 e. The minimum atomic E-state index is -1.17. The molecule has 18 nitrogen and oxygen atoms in total. The Labute approximate surface area is 318 Å². The summed E-state index contributed by atoms with van der Waals surface area (Å²) in [6, 6.07) is -2.12. The fourth-order valence-electron chi connectivity index (χ4n) is 0.805. The van der Waals surface area contributed by atoms with Crippen LogP contribution in [0.25, 0.3) is 0 Å². The predicted molar refractivity (Wildman–Crippen MR) is 108 cm³/mol. The van der Waals surface area contributed by atoms with Crippen molar-refractivity contribution in [2.45, 2.75) is 65.5 Å². The summed E-state index contributed by atoms with van der Waals surface area (Å²) >= 11 is 0. The maximum Gasteiger partial charge on any atom is 1.00 e. The van der Waals surface area contributed by atoms with E-state index in [-0.39, 0.29) is 144 Å². The summed E-state index contributed by atoms with van der Waals surface area (Å²) in [5, 5.41) is 68.1. The van der Waals surface area contributed by atoms with Crippen molar-refractivity contribution in [2.24, 2.45) is 11.5 Å². The zero-order chi connectivity index (χ0) is 30.6. The molecular formula is C18H30N2Na4O16. The van der Waals surface area contributed by atoms with Crippen LogP contribution in [-0.4, -0.2) is 80.3 Å². The van der Waals surface area contributed by atoms with Gasteiger partial charge in [0, 0.05) is 36.7 Å². The molecule has 2 unspecified atom stereocenters. The number of carboxylic acid groups (broad SMARTS) is 8. The molecule has 22 heteroatoms. The Morgan fingerprint density at radius 1 is 0.500 bits per heavy atom. The molecule has 0 saturated carbocycles. The Balaban J connectivity index is -0.0000000350. The molecule has 0 radical (unpaired) electrons. The van der Waals surface area contributed by atoms with E-state index in [4.69, 9.17) is 71.5 Å². The minimum absolute atomic E-state index is 0. The van der Waals surface area contributed by atoms with Crippen molar-refractivity contribution < 1.29 is 197 Å². The average molecular weight is 622 g/mol. The quantitative estimate of drug-likeness (QED) is 0.137. The van der Waals surface area contributed by atoms with Crippen molar-refractivity contribution in [3.8, 4) is 0 Å². The Bertz CT molecular complexity index is 613. The molecule has 0 bridgehead atoms. The van der Waals surface area contributed by atoms with Crippen molar-refractivity contribution in [2.75, 3.05) is 0 Å². The first-order valence-corrected chi connectivity index (χ1v) is 9.11. The van der Waals surface area contributed by atoms with Gasteiger partial charge in [0.05, 0.1) is 0 Å². The van der Waals surface area contributed by atoms with Gasteiger partial charge in [-0.15, -0.1) is 0 Å². The molecule has 0 amide bonds. The molecule has 0 aromatic rings. The van der Waals surface area contributed by atoms with Gasteiger partial charge in [-0.05, 0) is 40.5 Å². The number of carbonyl (C=O) groups is 8. The van der Waals surface area contributed by atoms with Crippen LogP contribution in [0.3, 0.4) is 0 Å². The molecular weight excluding hydrogens is 592 g/mol. The Kier molecular flexibility index (Phi) is 81.6. The van der Waals surface area contributed by atoms with Gasteiger partial charge in [0.25, 0.3) is 0 Å². The van der Waals surface area contributed by atoms with E-state index in [1.807, 2.05) is 0 Å². The van der Waals surface area contributed by atoms with Gasteiger partial charge >= 0.3 is 142 Å². The topological polar surface area (TPSA) is 362 Å². The fraction of sp³-hybridized carbons (Fsp3) is 0.556. The molecule has 0 aromatic carbocycles. The number of hydrogen-bond acceptors (Lipinski definition) is 14. The van der Waals surface area contributed by atoms with Crippen molar-refractivity contribution in [3.05, 3.63) is 0 Å². The maximum absolute atomic E-state index is 9.99. The number of nitrogens with two attached hydrogens (primary N) is 2.